The van der Waals surface area contributed by atoms with Crippen LogP contribution in [0, 0.1) is 0 Å². The number of amides is 1. The highest BCUT2D eigenvalue weighted by atomic mass is 79.9. The lowest BCUT2D eigenvalue weighted by atomic mass is 9.83. The van der Waals surface area contributed by atoms with Crippen molar-refractivity contribution in [1.29, 1.82) is 0 Å². The SMILES string of the molecule is COc1cc(CNC(=O)[C@]2(CCC(=O)OC(C)(C)C)N=C(c3ccc(OCCCO)cc3)O[C@@H]2c2ccccc2Br)cc(OC)c1. The number of ether oxygens (including phenoxy) is 5. The van der Waals surface area contributed by atoms with Gasteiger partial charge in [-0.25, -0.2) is 4.99 Å². The van der Waals surface area contributed by atoms with Gasteiger partial charge in [-0.15, -0.1) is 0 Å². The maximum Gasteiger partial charge on any atom is 0.306 e. The molecule has 3 aromatic carbocycles. The molecule has 0 bridgehead atoms. The molecule has 0 saturated carbocycles. The van der Waals surface area contributed by atoms with Crippen LogP contribution in [-0.4, -0.2) is 61.5 Å². The number of rotatable bonds is 14. The normalized spacial score (nSPS) is 17.5. The van der Waals surface area contributed by atoms with E-state index in [1.807, 2.05) is 36.4 Å². The van der Waals surface area contributed by atoms with Crippen molar-refractivity contribution in [1.82, 2.24) is 5.32 Å². The molecule has 0 radical (unpaired) electrons. The van der Waals surface area contributed by atoms with Crippen molar-refractivity contribution in [3.63, 3.8) is 0 Å². The van der Waals surface area contributed by atoms with Gasteiger partial charge in [0.25, 0.3) is 5.91 Å². The quantitative estimate of drug-likeness (QED) is 0.157. The monoisotopic (exact) mass is 696 g/mol. The molecule has 0 saturated heterocycles. The fourth-order valence-corrected chi connectivity index (χ4v) is 5.52. The van der Waals surface area contributed by atoms with Crippen molar-refractivity contribution in [3.05, 3.63) is 87.9 Å². The van der Waals surface area contributed by atoms with Crippen molar-refractivity contribution < 1.29 is 38.4 Å². The number of halogens is 1. The van der Waals surface area contributed by atoms with Crippen LogP contribution in [0.4, 0.5) is 0 Å². The van der Waals surface area contributed by atoms with Gasteiger partial charge in [-0.3, -0.25) is 9.59 Å². The zero-order chi connectivity index (χ0) is 33.3. The molecule has 0 fully saturated rings. The number of esters is 1. The van der Waals surface area contributed by atoms with Crippen molar-refractivity contribution in [2.45, 2.75) is 63.8 Å². The summed E-state index contributed by atoms with van der Waals surface area (Å²) in [6.07, 6.45) is -0.409. The average Bonchev–Trinajstić information content (AvgIpc) is 3.43. The Labute approximate surface area is 278 Å². The Hall–Kier alpha value is -4.09. The van der Waals surface area contributed by atoms with Gasteiger partial charge in [0.2, 0.25) is 5.90 Å². The van der Waals surface area contributed by atoms with E-state index in [1.165, 1.54) is 0 Å². The molecule has 1 amide bonds. The lowest BCUT2D eigenvalue weighted by Crippen LogP contribution is -2.48. The summed E-state index contributed by atoms with van der Waals surface area (Å²) >= 11 is 3.63. The van der Waals surface area contributed by atoms with Crippen molar-refractivity contribution in [2.75, 3.05) is 27.4 Å². The molecular weight excluding hydrogens is 656 g/mol. The van der Waals surface area contributed by atoms with Gasteiger partial charge in [0.1, 0.15) is 22.8 Å². The molecule has 2 N–H and O–H groups in total. The smallest absolute Gasteiger partial charge is 0.306 e. The van der Waals surface area contributed by atoms with Gasteiger partial charge in [0.05, 0.1) is 20.8 Å². The number of hydrogen-bond acceptors (Lipinski definition) is 9. The molecule has 46 heavy (non-hydrogen) atoms. The Morgan fingerprint density at radius 1 is 1.00 bits per heavy atom. The summed E-state index contributed by atoms with van der Waals surface area (Å²) in [4.78, 5) is 32.4. The minimum atomic E-state index is -1.53. The minimum Gasteiger partial charge on any atom is -0.497 e. The Balaban J connectivity index is 1.74. The molecule has 2 atom stereocenters. The molecular formula is C35H41BrN2O8. The first-order chi connectivity index (χ1) is 22.0. The van der Waals surface area contributed by atoms with Crippen LogP contribution in [0.3, 0.4) is 0 Å². The number of methoxy groups -OCH3 is 2. The zero-order valence-corrected chi connectivity index (χ0v) is 28.4. The molecule has 3 aromatic rings. The van der Waals surface area contributed by atoms with Crippen molar-refractivity contribution in [3.8, 4) is 17.2 Å². The molecule has 1 aliphatic heterocycles. The van der Waals surface area contributed by atoms with Crippen LogP contribution >= 0.6 is 15.9 Å². The number of aliphatic hydroxyl groups is 1. The van der Waals surface area contributed by atoms with E-state index in [2.05, 4.69) is 21.2 Å². The number of benzene rings is 3. The Kier molecular flexibility index (Phi) is 11.7. The third-order valence-corrected chi connectivity index (χ3v) is 7.93. The number of nitrogens with zero attached hydrogens (tertiary/aromatic N) is 1. The molecule has 0 spiro atoms. The molecule has 246 valence electrons. The molecule has 10 nitrogen and oxygen atoms in total. The number of carbonyl (C=O) groups excluding carboxylic acids is 2. The summed E-state index contributed by atoms with van der Waals surface area (Å²) in [5.41, 5.74) is -0.135. The van der Waals surface area contributed by atoms with Crippen LogP contribution in [0.15, 0.2) is 76.2 Å². The third-order valence-electron chi connectivity index (χ3n) is 7.21. The van der Waals surface area contributed by atoms with Gasteiger partial charge < -0.3 is 34.1 Å². The van der Waals surface area contributed by atoms with E-state index < -0.39 is 29.1 Å². The topological polar surface area (TPSA) is 125 Å². The third kappa shape index (κ3) is 8.79. The van der Waals surface area contributed by atoms with Crippen LogP contribution in [0.25, 0.3) is 0 Å². The molecule has 0 unspecified atom stereocenters. The molecule has 4 rings (SSSR count). The van der Waals surface area contributed by atoms with Gasteiger partial charge in [-0.2, -0.15) is 0 Å². The van der Waals surface area contributed by atoms with Crippen molar-refractivity contribution in [2.24, 2.45) is 4.99 Å². The van der Waals surface area contributed by atoms with Crippen molar-refractivity contribution >= 4 is 33.7 Å². The Bertz CT molecular complexity index is 1510. The summed E-state index contributed by atoms with van der Waals surface area (Å²) in [5.74, 6) is 1.18. The zero-order valence-electron chi connectivity index (χ0n) is 26.8. The van der Waals surface area contributed by atoms with Crippen LogP contribution < -0.4 is 19.5 Å². The number of carbonyl (C=O) groups is 2. The van der Waals surface area contributed by atoms with Gasteiger partial charge in [-0.1, -0.05) is 34.1 Å². The summed E-state index contributed by atoms with van der Waals surface area (Å²) in [7, 11) is 3.12. The molecule has 0 aliphatic carbocycles. The number of nitrogens with one attached hydrogen (secondary N) is 1. The van der Waals surface area contributed by atoms with Gasteiger partial charge in [-0.05, 0) is 75.2 Å². The Morgan fingerprint density at radius 3 is 2.28 bits per heavy atom. The molecule has 0 aromatic heterocycles. The summed E-state index contributed by atoms with van der Waals surface area (Å²) in [6, 6.07) is 20.0. The van der Waals surface area contributed by atoms with Gasteiger partial charge in [0, 0.05) is 47.7 Å². The predicted octanol–water partition coefficient (Wildman–Crippen LogP) is 5.92. The second-order valence-corrected chi connectivity index (χ2v) is 12.7. The van der Waals surface area contributed by atoms with Crippen LogP contribution in [0.5, 0.6) is 17.2 Å². The van der Waals surface area contributed by atoms with E-state index in [1.54, 1.807) is 65.3 Å². The fraction of sp³-hybridized carbons (Fsp3) is 0.400. The fourth-order valence-electron chi connectivity index (χ4n) is 5.02. The van der Waals surface area contributed by atoms with Crippen LogP contribution in [0.1, 0.15) is 62.8 Å². The highest BCUT2D eigenvalue weighted by Crippen LogP contribution is 2.45. The first kappa shape index (κ1) is 34.8. The standard InChI is InChI=1S/C35H41BrN2O8/c1-34(2,3)46-30(40)15-16-35(33(41)37-22-23-19-26(42-4)21-27(20-23)43-5)31(28-9-6-7-10-29(28)36)45-32(38-35)24-11-13-25(14-12-24)44-18-8-17-39/h6-7,9-14,19-21,31,39H,8,15-18,22H2,1-5H3,(H,37,41)/t31-,35-/m1/s1. The summed E-state index contributed by atoms with van der Waals surface area (Å²) < 4.78 is 29.4. The number of aliphatic hydroxyl groups excluding tert-OH is 1. The maximum absolute atomic E-state index is 14.5. The second kappa shape index (κ2) is 15.5. The van der Waals surface area contributed by atoms with Crippen LogP contribution in [-0.2, 0) is 25.6 Å². The highest BCUT2D eigenvalue weighted by molar-refractivity contribution is 9.10. The first-order valence-electron chi connectivity index (χ1n) is 15.0. The Morgan fingerprint density at radius 2 is 1.67 bits per heavy atom. The van der Waals surface area contributed by atoms with E-state index in [4.69, 9.17) is 33.8 Å². The van der Waals surface area contributed by atoms with E-state index in [-0.39, 0.29) is 31.9 Å². The number of aliphatic imine (C=N–C) groups is 1. The van der Waals surface area contributed by atoms with E-state index in [9.17, 15) is 9.59 Å². The first-order valence-corrected chi connectivity index (χ1v) is 15.8. The van der Waals surface area contributed by atoms with E-state index >= 15 is 0 Å². The average molecular weight is 698 g/mol. The van der Waals surface area contributed by atoms with Gasteiger partial charge >= 0.3 is 5.97 Å². The molecule has 1 heterocycles. The lowest BCUT2D eigenvalue weighted by molar-refractivity contribution is -0.155. The maximum atomic E-state index is 14.5. The lowest BCUT2D eigenvalue weighted by Gasteiger charge is -2.31. The van der Waals surface area contributed by atoms with E-state index in [0.29, 0.717) is 41.4 Å². The largest absolute Gasteiger partial charge is 0.497 e. The summed E-state index contributed by atoms with van der Waals surface area (Å²) in [6.45, 7) is 5.96. The van der Waals surface area contributed by atoms with E-state index in [0.717, 1.165) is 10.0 Å². The van der Waals surface area contributed by atoms with Gasteiger partial charge in [0.15, 0.2) is 11.6 Å². The molecule has 1 aliphatic rings. The van der Waals surface area contributed by atoms with Crippen LogP contribution in [0.2, 0.25) is 0 Å². The second-order valence-electron chi connectivity index (χ2n) is 11.8. The summed E-state index contributed by atoms with van der Waals surface area (Å²) in [5, 5.41) is 12.1. The predicted molar refractivity (Wildman–Crippen MR) is 177 cm³/mol. The highest BCUT2D eigenvalue weighted by Gasteiger charge is 2.53. The molecule has 11 heteroatoms. The number of hydrogen-bond donors (Lipinski definition) is 2. The minimum absolute atomic E-state index is 0.0209.